The highest BCUT2D eigenvalue weighted by Crippen LogP contribution is 2.34. The van der Waals surface area contributed by atoms with Crippen molar-refractivity contribution in [1.82, 2.24) is 0 Å². The molecule has 7 aromatic rings. The predicted octanol–water partition coefficient (Wildman–Crippen LogP) is 12.3. The van der Waals surface area contributed by atoms with E-state index in [0.29, 0.717) is 0 Å². The van der Waals surface area contributed by atoms with E-state index in [1.54, 1.807) is 0 Å². The first-order chi connectivity index (χ1) is 26.3. The van der Waals surface area contributed by atoms with Crippen LogP contribution in [0.4, 0.5) is 68.2 Å². The van der Waals surface area contributed by atoms with Gasteiger partial charge in [-0.1, -0.05) is 36.4 Å². The number of hydrogen-bond acceptors (Lipinski definition) is 6. The van der Waals surface area contributed by atoms with Crippen molar-refractivity contribution in [1.29, 1.82) is 0 Å². The van der Waals surface area contributed by atoms with Crippen molar-refractivity contribution < 1.29 is 0 Å². The van der Waals surface area contributed by atoms with Crippen molar-refractivity contribution in [2.75, 3.05) is 71.7 Å². The summed E-state index contributed by atoms with van der Waals surface area (Å²) in [7, 11) is 12.6. The van der Waals surface area contributed by atoms with Crippen LogP contribution in [0.3, 0.4) is 0 Å². The number of rotatable bonds is 12. The molecule has 6 nitrogen and oxygen atoms in total. The molecule has 0 heterocycles. The second kappa shape index (κ2) is 15.9. The second-order valence-electron chi connectivity index (χ2n) is 13.6. The Kier molecular flexibility index (Phi) is 10.5. The lowest BCUT2D eigenvalue weighted by Gasteiger charge is -2.25. The van der Waals surface area contributed by atoms with Gasteiger partial charge in [-0.2, -0.15) is 0 Å². The highest BCUT2D eigenvalue weighted by Gasteiger charge is 2.12. The summed E-state index contributed by atoms with van der Waals surface area (Å²) in [4.78, 5) is 13.3. The summed E-state index contributed by atoms with van der Waals surface area (Å²) in [5.74, 6) is 0. The quantitative estimate of drug-likeness (QED) is 0.125. The molecule has 6 heteroatoms. The van der Waals surface area contributed by atoms with E-state index < -0.39 is 0 Å². The molecule has 0 radical (unpaired) electrons. The first-order valence-electron chi connectivity index (χ1n) is 18.3. The number of benzene rings is 7. The monoisotopic (exact) mass is 708 g/mol. The van der Waals surface area contributed by atoms with Crippen molar-refractivity contribution in [3.05, 3.63) is 182 Å². The van der Waals surface area contributed by atoms with Crippen LogP contribution in [0.1, 0.15) is 0 Å². The van der Waals surface area contributed by atoms with E-state index >= 15 is 0 Å². The number of para-hydroxylation sites is 2. The zero-order chi connectivity index (χ0) is 37.6. The van der Waals surface area contributed by atoms with E-state index in [1.165, 1.54) is 11.4 Å². The van der Waals surface area contributed by atoms with Gasteiger partial charge < -0.3 is 29.4 Å². The molecule has 0 amide bonds. The fraction of sp³-hybridized carbons (Fsp3) is 0.125. The van der Waals surface area contributed by atoms with E-state index in [1.807, 2.05) is 12.1 Å². The standard InChI is InChI=1S/C48H48N6/c1-49(37-13-9-7-10-14-37)39-17-21-41(22-18-39)51(3)43-25-29-45(30-26-43)53(5)47-33-35-48(36-34-47)54(6)46-31-27-44(28-32-46)52(4)42-23-19-40(20-24-42)50(2)38-15-11-8-12-16-38/h7-36H,1-6H3. The van der Waals surface area contributed by atoms with Gasteiger partial charge in [-0.25, -0.2) is 0 Å². The first kappa shape index (κ1) is 35.7. The number of hydrogen-bond donors (Lipinski definition) is 0. The van der Waals surface area contributed by atoms with E-state index in [2.05, 4.69) is 242 Å². The average molecular weight is 709 g/mol. The van der Waals surface area contributed by atoms with Crippen LogP contribution in [0.5, 0.6) is 0 Å². The largest absolute Gasteiger partial charge is 0.345 e. The maximum Gasteiger partial charge on any atom is 0.0409 e. The highest BCUT2D eigenvalue weighted by atomic mass is 15.1. The zero-order valence-corrected chi connectivity index (χ0v) is 32.0. The molecule has 270 valence electrons. The van der Waals surface area contributed by atoms with Gasteiger partial charge in [0.2, 0.25) is 0 Å². The van der Waals surface area contributed by atoms with Crippen molar-refractivity contribution >= 4 is 68.2 Å². The Morgan fingerprint density at radius 3 is 0.407 bits per heavy atom. The molecule has 0 saturated carbocycles. The van der Waals surface area contributed by atoms with E-state index in [0.717, 1.165) is 56.9 Å². The maximum absolute atomic E-state index is 2.22. The maximum atomic E-state index is 2.22. The smallest absolute Gasteiger partial charge is 0.0409 e. The zero-order valence-electron chi connectivity index (χ0n) is 32.0. The normalized spacial score (nSPS) is 10.8. The molecule has 54 heavy (non-hydrogen) atoms. The average Bonchev–Trinajstić information content (AvgIpc) is 3.25. The molecular weight excluding hydrogens is 661 g/mol. The van der Waals surface area contributed by atoms with Crippen molar-refractivity contribution in [2.45, 2.75) is 0 Å². The third-order valence-electron chi connectivity index (χ3n) is 10.4. The molecule has 0 unspecified atom stereocenters. The Hall–Kier alpha value is -6.66. The third-order valence-corrected chi connectivity index (χ3v) is 10.4. The van der Waals surface area contributed by atoms with E-state index in [-0.39, 0.29) is 0 Å². The minimum Gasteiger partial charge on any atom is -0.345 e. The Morgan fingerprint density at radius 1 is 0.167 bits per heavy atom. The van der Waals surface area contributed by atoms with Crippen LogP contribution < -0.4 is 29.4 Å². The molecule has 0 aliphatic carbocycles. The summed E-state index contributed by atoms with van der Waals surface area (Å²) in [6.07, 6.45) is 0. The SMILES string of the molecule is CN(c1ccccc1)c1ccc(N(C)c2ccc(N(C)c3ccc(N(C)c4ccc(N(C)c5ccc(N(C)c6ccccc6)cc5)cc4)cc3)cc2)cc1. The Morgan fingerprint density at radius 2 is 0.278 bits per heavy atom. The Labute approximate surface area is 321 Å². The van der Waals surface area contributed by atoms with E-state index in [9.17, 15) is 0 Å². The number of anilines is 12. The lowest BCUT2D eigenvalue weighted by Crippen LogP contribution is -2.13. The second-order valence-corrected chi connectivity index (χ2v) is 13.6. The van der Waals surface area contributed by atoms with Gasteiger partial charge in [0, 0.05) is 111 Å². The number of nitrogens with zero attached hydrogens (tertiary/aromatic N) is 6. The van der Waals surface area contributed by atoms with Gasteiger partial charge in [-0.15, -0.1) is 0 Å². The third kappa shape index (κ3) is 7.74. The molecule has 0 saturated heterocycles. The highest BCUT2D eigenvalue weighted by molar-refractivity contribution is 5.74. The van der Waals surface area contributed by atoms with Crippen molar-refractivity contribution in [2.24, 2.45) is 0 Å². The van der Waals surface area contributed by atoms with Crippen LogP contribution in [0.25, 0.3) is 0 Å². The molecule has 0 aliphatic heterocycles. The molecule has 0 fully saturated rings. The minimum atomic E-state index is 1.13. The molecule has 0 aromatic heterocycles. The summed E-state index contributed by atoms with van der Waals surface area (Å²) in [5.41, 5.74) is 13.7. The van der Waals surface area contributed by atoms with Crippen LogP contribution in [-0.2, 0) is 0 Å². The van der Waals surface area contributed by atoms with Gasteiger partial charge in [0.1, 0.15) is 0 Å². The molecule has 0 spiro atoms. The molecule has 0 bridgehead atoms. The minimum absolute atomic E-state index is 1.13. The van der Waals surface area contributed by atoms with Crippen LogP contribution in [0.2, 0.25) is 0 Å². The predicted molar refractivity (Wildman–Crippen MR) is 233 cm³/mol. The van der Waals surface area contributed by atoms with Crippen LogP contribution in [0, 0.1) is 0 Å². The lowest BCUT2D eigenvalue weighted by molar-refractivity contribution is 1.17. The van der Waals surface area contributed by atoms with Crippen LogP contribution in [-0.4, -0.2) is 42.3 Å². The summed E-state index contributed by atoms with van der Waals surface area (Å²) in [5, 5.41) is 0. The van der Waals surface area contributed by atoms with Crippen LogP contribution >= 0.6 is 0 Å². The van der Waals surface area contributed by atoms with Crippen molar-refractivity contribution in [3.8, 4) is 0 Å². The summed E-state index contributed by atoms with van der Waals surface area (Å²) in [6.45, 7) is 0. The molecule has 0 N–H and O–H groups in total. The molecule has 7 aromatic carbocycles. The van der Waals surface area contributed by atoms with Crippen LogP contribution in [0.15, 0.2) is 182 Å². The fourth-order valence-corrected chi connectivity index (χ4v) is 6.70. The summed E-state index contributed by atoms with van der Waals surface area (Å²) < 4.78 is 0. The fourth-order valence-electron chi connectivity index (χ4n) is 6.70. The molecular formula is C48H48N6. The van der Waals surface area contributed by atoms with Gasteiger partial charge in [-0.3, -0.25) is 0 Å². The lowest BCUT2D eigenvalue weighted by atomic mass is 10.2. The molecule has 7 rings (SSSR count). The van der Waals surface area contributed by atoms with Gasteiger partial charge in [0.15, 0.2) is 0 Å². The first-order valence-corrected chi connectivity index (χ1v) is 18.3. The summed E-state index contributed by atoms with van der Waals surface area (Å²) in [6, 6.07) is 64.4. The van der Waals surface area contributed by atoms with Crippen molar-refractivity contribution in [3.63, 3.8) is 0 Å². The summed E-state index contributed by atoms with van der Waals surface area (Å²) >= 11 is 0. The van der Waals surface area contributed by atoms with Gasteiger partial charge in [0.25, 0.3) is 0 Å². The van der Waals surface area contributed by atoms with E-state index in [4.69, 9.17) is 0 Å². The van der Waals surface area contributed by atoms with Gasteiger partial charge >= 0.3 is 0 Å². The molecule has 0 atom stereocenters. The topological polar surface area (TPSA) is 19.4 Å². The van der Waals surface area contributed by atoms with Gasteiger partial charge in [0.05, 0.1) is 0 Å². The Balaban J connectivity index is 0.955. The van der Waals surface area contributed by atoms with Gasteiger partial charge in [-0.05, 0) is 146 Å². The molecule has 0 aliphatic rings. The Bertz CT molecular complexity index is 2060.